The molecule has 3 aromatic rings. The van der Waals surface area contributed by atoms with Gasteiger partial charge in [0.25, 0.3) is 0 Å². The molecule has 0 aliphatic carbocycles. The van der Waals surface area contributed by atoms with Gasteiger partial charge in [-0.1, -0.05) is 6.07 Å². The summed E-state index contributed by atoms with van der Waals surface area (Å²) in [7, 11) is 1.61. The summed E-state index contributed by atoms with van der Waals surface area (Å²) in [6.07, 6.45) is 1.93. The van der Waals surface area contributed by atoms with Gasteiger partial charge in [0.05, 0.1) is 12.8 Å². The van der Waals surface area contributed by atoms with E-state index in [1.54, 1.807) is 13.2 Å². The van der Waals surface area contributed by atoms with Crippen LogP contribution < -0.4 is 4.74 Å². The lowest BCUT2D eigenvalue weighted by molar-refractivity contribution is 0.398. The first-order valence-corrected chi connectivity index (χ1v) is 5.36. The van der Waals surface area contributed by atoms with E-state index in [1.807, 2.05) is 30.5 Å². The SMILES string of the molecule is COc1c[c]cc(-c2ccc3[nH]ccc3c2)n1. The smallest absolute Gasteiger partial charge is 0.214 e. The molecule has 17 heavy (non-hydrogen) atoms. The number of hydrogen-bond acceptors (Lipinski definition) is 2. The summed E-state index contributed by atoms with van der Waals surface area (Å²) in [5.74, 6) is 0.580. The minimum atomic E-state index is 0.580. The van der Waals surface area contributed by atoms with Gasteiger partial charge in [0.1, 0.15) is 0 Å². The Morgan fingerprint density at radius 3 is 3.06 bits per heavy atom. The molecule has 2 heterocycles. The maximum absolute atomic E-state index is 5.10. The van der Waals surface area contributed by atoms with Crippen LogP contribution in [-0.4, -0.2) is 17.1 Å². The van der Waals surface area contributed by atoms with Gasteiger partial charge in [-0.3, -0.25) is 0 Å². The summed E-state index contributed by atoms with van der Waals surface area (Å²) < 4.78 is 5.10. The zero-order valence-corrected chi connectivity index (χ0v) is 9.40. The Balaban J connectivity index is 2.12. The molecule has 0 unspecified atom stereocenters. The number of H-pyrrole nitrogens is 1. The molecule has 3 rings (SSSR count). The van der Waals surface area contributed by atoms with E-state index in [4.69, 9.17) is 4.74 Å². The van der Waals surface area contributed by atoms with Crippen LogP contribution in [0.1, 0.15) is 0 Å². The van der Waals surface area contributed by atoms with Crippen LogP contribution >= 0.6 is 0 Å². The molecule has 0 aliphatic rings. The molecule has 0 spiro atoms. The first-order valence-electron chi connectivity index (χ1n) is 5.36. The van der Waals surface area contributed by atoms with E-state index >= 15 is 0 Å². The molecule has 0 aliphatic heterocycles. The Labute approximate surface area is 99.1 Å². The van der Waals surface area contributed by atoms with E-state index in [-0.39, 0.29) is 0 Å². The number of pyridine rings is 1. The first-order chi connectivity index (χ1) is 8.36. The molecule has 0 saturated heterocycles. The van der Waals surface area contributed by atoms with Gasteiger partial charge in [0, 0.05) is 28.7 Å². The highest BCUT2D eigenvalue weighted by Crippen LogP contribution is 2.23. The molecule has 0 saturated carbocycles. The molecule has 1 N–H and O–H groups in total. The predicted octanol–water partition coefficient (Wildman–Crippen LogP) is 3.04. The minimum Gasteiger partial charge on any atom is -0.481 e. The zero-order chi connectivity index (χ0) is 11.7. The average Bonchev–Trinajstić information content (AvgIpc) is 2.86. The summed E-state index contributed by atoms with van der Waals surface area (Å²) in [5, 5.41) is 1.17. The number of nitrogens with one attached hydrogen (secondary N) is 1. The molecular formula is C14H11N2O. The Morgan fingerprint density at radius 2 is 2.18 bits per heavy atom. The molecule has 2 aromatic heterocycles. The van der Waals surface area contributed by atoms with E-state index in [9.17, 15) is 0 Å². The molecular weight excluding hydrogens is 212 g/mol. The van der Waals surface area contributed by atoms with Gasteiger partial charge < -0.3 is 9.72 Å². The van der Waals surface area contributed by atoms with Gasteiger partial charge in [-0.2, -0.15) is 0 Å². The number of hydrogen-bond donors (Lipinski definition) is 1. The van der Waals surface area contributed by atoms with Gasteiger partial charge in [-0.15, -0.1) is 0 Å². The fourth-order valence-electron chi connectivity index (χ4n) is 1.84. The molecule has 3 heteroatoms. The van der Waals surface area contributed by atoms with Crippen LogP contribution in [0.4, 0.5) is 0 Å². The lowest BCUT2D eigenvalue weighted by atomic mass is 10.1. The third kappa shape index (κ3) is 1.76. The normalized spacial score (nSPS) is 10.6. The molecule has 83 valence electrons. The Kier molecular flexibility index (Phi) is 2.29. The molecule has 0 atom stereocenters. The molecule has 1 radical (unpaired) electrons. The summed E-state index contributed by atoms with van der Waals surface area (Å²) in [5.41, 5.74) is 3.06. The quantitative estimate of drug-likeness (QED) is 0.725. The molecule has 0 bridgehead atoms. The van der Waals surface area contributed by atoms with Crippen molar-refractivity contribution in [2.24, 2.45) is 0 Å². The number of nitrogens with zero attached hydrogens (tertiary/aromatic N) is 1. The number of ether oxygens (including phenoxy) is 1. The summed E-state index contributed by atoms with van der Waals surface area (Å²) in [6.45, 7) is 0. The minimum absolute atomic E-state index is 0.580. The molecule has 1 aromatic carbocycles. The van der Waals surface area contributed by atoms with E-state index in [2.05, 4.69) is 22.1 Å². The number of aromatic amines is 1. The number of benzene rings is 1. The van der Waals surface area contributed by atoms with Gasteiger partial charge >= 0.3 is 0 Å². The highest BCUT2D eigenvalue weighted by Gasteiger charge is 2.03. The molecule has 0 amide bonds. The van der Waals surface area contributed by atoms with Crippen molar-refractivity contribution in [1.82, 2.24) is 9.97 Å². The van der Waals surface area contributed by atoms with Gasteiger partial charge in [-0.25, -0.2) is 4.98 Å². The summed E-state index contributed by atoms with van der Waals surface area (Å²) in [6, 6.07) is 14.8. The number of fused-ring (bicyclic) bond motifs is 1. The van der Waals surface area contributed by atoms with Crippen molar-refractivity contribution in [2.75, 3.05) is 7.11 Å². The van der Waals surface area contributed by atoms with Crippen LogP contribution in [0.3, 0.4) is 0 Å². The number of aromatic nitrogens is 2. The predicted molar refractivity (Wildman–Crippen MR) is 66.9 cm³/mol. The lowest BCUT2D eigenvalue weighted by Gasteiger charge is -2.03. The molecule has 3 nitrogen and oxygen atoms in total. The standard InChI is InChI=1S/C14H11N2O/c1-17-14-4-2-3-13(16-14)10-5-6-12-11(9-10)7-8-15-12/h3-9,15H,1H3. The zero-order valence-electron chi connectivity index (χ0n) is 9.40. The van der Waals surface area contributed by atoms with Crippen LogP contribution in [-0.2, 0) is 0 Å². The second-order valence-electron chi connectivity index (χ2n) is 3.77. The third-order valence-corrected chi connectivity index (χ3v) is 2.72. The Morgan fingerprint density at radius 1 is 1.24 bits per heavy atom. The topological polar surface area (TPSA) is 37.9 Å². The first kappa shape index (κ1) is 9.90. The lowest BCUT2D eigenvalue weighted by Crippen LogP contribution is -1.89. The van der Waals surface area contributed by atoms with Crippen LogP contribution in [0.2, 0.25) is 0 Å². The molecule has 0 fully saturated rings. The third-order valence-electron chi connectivity index (χ3n) is 2.72. The van der Waals surface area contributed by atoms with Crippen molar-refractivity contribution >= 4 is 10.9 Å². The summed E-state index contributed by atoms with van der Waals surface area (Å²) in [4.78, 5) is 7.56. The van der Waals surface area contributed by atoms with E-state index in [1.165, 1.54) is 5.39 Å². The van der Waals surface area contributed by atoms with Gasteiger partial charge in [0.2, 0.25) is 5.88 Å². The van der Waals surface area contributed by atoms with E-state index in [0.717, 1.165) is 16.8 Å². The van der Waals surface area contributed by atoms with Crippen molar-refractivity contribution in [2.45, 2.75) is 0 Å². The van der Waals surface area contributed by atoms with Crippen LogP contribution in [0, 0.1) is 6.07 Å². The van der Waals surface area contributed by atoms with Crippen molar-refractivity contribution in [3.05, 3.63) is 48.7 Å². The van der Waals surface area contributed by atoms with Crippen molar-refractivity contribution in [1.29, 1.82) is 0 Å². The maximum atomic E-state index is 5.10. The van der Waals surface area contributed by atoms with Crippen LogP contribution in [0.25, 0.3) is 22.2 Å². The van der Waals surface area contributed by atoms with E-state index in [0.29, 0.717) is 5.88 Å². The second kappa shape index (κ2) is 3.94. The van der Waals surface area contributed by atoms with Crippen molar-refractivity contribution in [3.63, 3.8) is 0 Å². The van der Waals surface area contributed by atoms with Crippen molar-refractivity contribution in [3.8, 4) is 17.1 Å². The van der Waals surface area contributed by atoms with Crippen LogP contribution in [0.5, 0.6) is 5.88 Å². The van der Waals surface area contributed by atoms with Gasteiger partial charge in [0.15, 0.2) is 0 Å². The fraction of sp³-hybridized carbons (Fsp3) is 0.0714. The maximum Gasteiger partial charge on any atom is 0.214 e. The Bertz CT molecular complexity index is 658. The number of methoxy groups -OCH3 is 1. The highest BCUT2D eigenvalue weighted by atomic mass is 16.5. The van der Waals surface area contributed by atoms with Crippen LogP contribution in [0.15, 0.2) is 42.6 Å². The van der Waals surface area contributed by atoms with E-state index < -0.39 is 0 Å². The van der Waals surface area contributed by atoms with Gasteiger partial charge in [-0.05, 0) is 30.3 Å². The Hall–Kier alpha value is -2.29. The second-order valence-corrected chi connectivity index (χ2v) is 3.77. The summed E-state index contributed by atoms with van der Waals surface area (Å²) >= 11 is 0. The van der Waals surface area contributed by atoms with Crippen molar-refractivity contribution < 1.29 is 4.74 Å². The monoisotopic (exact) mass is 223 g/mol. The highest BCUT2D eigenvalue weighted by molar-refractivity contribution is 5.84. The largest absolute Gasteiger partial charge is 0.481 e. The fourth-order valence-corrected chi connectivity index (χ4v) is 1.84. The number of rotatable bonds is 2. The average molecular weight is 223 g/mol.